The predicted molar refractivity (Wildman–Crippen MR) is 73.9 cm³/mol. The van der Waals surface area contributed by atoms with Gasteiger partial charge >= 0.3 is 0 Å². The molecule has 0 aromatic carbocycles. The molecule has 0 N–H and O–H groups in total. The Morgan fingerprint density at radius 3 is 3.06 bits per heavy atom. The number of likely N-dealkylation sites (tertiary alicyclic amines) is 1. The van der Waals surface area contributed by atoms with Crippen LogP contribution in [-0.2, 0) is 0 Å². The summed E-state index contributed by atoms with van der Waals surface area (Å²) in [7, 11) is 0. The van der Waals surface area contributed by atoms with Gasteiger partial charge in [0.05, 0.1) is 0 Å². The Kier molecular flexibility index (Phi) is 3.08. The maximum absolute atomic E-state index is 4.38. The van der Waals surface area contributed by atoms with Crippen molar-refractivity contribution in [3.8, 4) is 0 Å². The van der Waals surface area contributed by atoms with E-state index in [9.17, 15) is 0 Å². The van der Waals surface area contributed by atoms with Gasteiger partial charge in [-0.1, -0.05) is 6.07 Å². The summed E-state index contributed by atoms with van der Waals surface area (Å²) in [5.74, 6) is 0.638. The van der Waals surface area contributed by atoms with E-state index in [1.165, 1.54) is 31.6 Å². The summed E-state index contributed by atoms with van der Waals surface area (Å²) >= 11 is 0. The maximum atomic E-state index is 4.38. The highest BCUT2D eigenvalue weighted by atomic mass is 15.2. The summed E-state index contributed by atoms with van der Waals surface area (Å²) in [4.78, 5) is 6.96. The fourth-order valence-electron chi connectivity index (χ4n) is 3.02. The molecule has 3 heterocycles. The zero-order valence-corrected chi connectivity index (χ0v) is 11.2. The van der Waals surface area contributed by atoms with Crippen LogP contribution >= 0.6 is 0 Å². The molecule has 1 fully saturated rings. The van der Waals surface area contributed by atoms with Gasteiger partial charge in [-0.05, 0) is 45.4 Å². The molecular formula is C15H21N3. The van der Waals surface area contributed by atoms with E-state index in [4.69, 9.17) is 0 Å². The largest absolute Gasteiger partial charge is 0.304 e. The van der Waals surface area contributed by atoms with Crippen LogP contribution in [0.25, 0.3) is 5.65 Å². The number of fused-ring (bicyclic) bond motifs is 1. The zero-order valence-electron chi connectivity index (χ0n) is 11.2. The van der Waals surface area contributed by atoms with E-state index in [-0.39, 0.29) is 0 Å². The van der Waals surface area contributed by atoms with Crippen LogP contribution in [0.3, 0.4) is 0 Å². The average molecular weight is 243 g/mol. The van der Waals surface area contributed by atoms with Crippen LogP contribution in [0.2, 0.25) is 0 Å². The highest BCUT2D eigenvalue weighted by Gasteiger charge is 2.24. The standard InChI is InChI=1S/C15H21N3/c1-12(2)17-9-4-5-13(11-17)14-6-3-7-15-16-8-10-18(14)15/h3,6-8,10,12-13H,4-5,9,11H2,1-2H3. The van der Waals surface area contributed by atoms with Crippen molar-refractivity contribution >= 4 is 5.65 Å². The molecule has 3 nitrogen and oxygen atoms in total. The molecule has 1 atom stereocenters. The Bertz CT molecular complexity index is 529. The Morgan fingerprint density at radius 2 is 2.22 bits per heavy atom. The molecule has 0 spiro atoms. The summed E-state index contributed by atoms with van der Waals surface area (Å²) in [6.07, 6.45) is 6.56. The molecule has 0 amide bonds. The minimum absolute atomic E-state index is 0.638. The van der Waals surface area contributed by atoms with Crippen LogP contribution < -0.4 is 0 Å². The molecule has 18 heavy (non-hydrogen) atoms. The monoisotopic (exact) mass is 243 g/mol. The Morgan fingerprint density at radius 1 is 1.33 bits per heavy atom. The van der Waals surface area contributed by atoms with Gasteiger partial charge in [-0.3, -0.25) is 0 Å². The molecule has 2 aromatic heterocycles. The zero-order chi connectivity index (χ0) is 12.5. The third-order valence-corrected chi connectivity index (χ3v) is 4.06. The normalized spacial score (nSPS) is 21.8. The first-order chi connectivity index (χ1) is 8.75. The molecule has 1 saturated heterocycles. The van der Waals surface area contributed by atoms with Gasteiger partial charge in [-0.2, -0.15) is 0 Å². The highest BCUT2D eigenvalue weighted by Crippen LogP contribution is 2.28. The molecule has 0 bridgehead atoms. The molecule has 1 aliphatic heterocycles. The molecule has 1 aliphatic rings. The number of rotatable bonds is 2. The van der Waals surface area contributed by atoms with Crippen molar-refractivity contribution in [2.24, 2.45) is 0 Å². The summed E-state index contributed by atoms with van der Waals surface area (Å²) in [6, 6.07) is 7.11. The summed E-state index contributed by atoms with van der Waals surface area (Å²) < 4.78 is 2.24. The molecule has 3 heteroatoms. The Balaban J connectivity index is 1.92. The molecular weight excluding hydrogens is 222 g/mol. The van der Waals surface area contributed by atoms with E-state index in [0.717, 1.165) is 5.65 Å². The number of pyridine rings is 1. The SMILES string of the molecule is CC(C)N1CCCC(c2cccc3nccn23)C1. The quantitative estimate of drug-likeness (QED) is 0.808. The average Bonchev–Trinajstić information content (AvgIpc) is 2.87. The fourth-order valence-corrected chi connectivity index (χ4v) is 3.02. The second-order valence-electron chi connectivity index (χ2n) is 5.53. The minimum Gasteiger partial charge on any atom is -0.304 e. The van der Waals surface area contributed by atoms with Crippen LogP contribution in [0.5, 0.6) is 0 Å². The maximum Gasteiger partial charge on any atom is 0.136 e. The van der Waals surface area contributed by atoms with Gasteiger partial charge in [0.1, 0.15) is 5.65 Å². The van der Waals surface area contributed by atoms with Crippen molar-refractivity contribution in [2.75, 3.05) is 13.1 Å². The van der Waals surface area contributed by atoms with E-state index in [2.05, 4.69) is 52.5 Å². The fraction of sp³-hybridized carbons (Fsp3) is 0.533. The number of aromatic nitrogens is 2. The van der Waals surface area contributed by atoms with Crippen molar-refractivity contribution in [3.05, 3.63) is 36.3 Å². The van der Waals surface area contributed by atoms with E-state index in [0.29, 0.717) is 12.0 Å². The minimum atomic E-state index is 0.638. The van der Waals surface area contributed by atoms with Crippen LogP contribution in [0.4, 0.5) is 0 Å². The number of piperidine rings is 1. The molecule has 2 aromatic rings. The van der Waals surface area contributed by atoms with E-state index in [1.54, 1.807) is 0 Å². The van der Waals surface area contributed by atoms with Crippen molar-refractivity contribution in [3.63, 3.8) is 0 Å². The Labute approximate surface area is 108 Å². The first kappa shape index (κ1) is 11.7. The van der Waals surface area contributed by atoms with Crippen molar-refractivity contribution in [2.45, 2.75) is 38.6 Å². The number of nitrogens with zero attached hydrogens (tertiary/aromatic N) is 3. The van der Waals surface area contributed by atoms with Crippen LogP contribution in [0.1, 0.15) is 38.3 Å². The van der Waals surface area contributed by atoms with Gasteiger partial charge in [-0.15, -0.1) is 0 Å². The summed E-state index contributed by atoms with van der Waals surface area (Å²) in [5.41, 5.74) is 2.48. The highest BCUT2D eigenvalue weighted by molar-refractivity contribution is 5.40. The van der Waals surface area contributed by atoms with Crippen LogP contribution in [0.15, 0.2) is 30.6 Å². The molecule has 0 radical (unpaired) electrons. The van der Waals surface area contributed by atoms with Crippen molar-refractivity contribution in [1.82, 2.24) is 14.3 Å². The van der Waals surface area contributed by atoms with Gasteiger partial charge in [-0.25, -0.2) is 4.98 Å². The smallest absolute Gasteiger partial charge is 0.136 e. The number of hydrogen-bond acceptors (Lipinski definition) is 2. The summed E-state index contributed by atoms with van der Waals surface area (Å²) in [6.45, 7) is 7.00. The van der Waals surface area contributed by atoms with Crippen molar-refractivity contribution in [1.29, 1.82) is 0 Å². The third-order valence-electron chi connectivity index (χ3n) is 4.06. The first-order valence-corrected chi connectivity index (χ1v) is 6.92. The van der Waals surface area contributed by atoms with Gasteiger partial charge in [0, 0.05) is 36.6 Å². The lowest BCUT2D eigenvalue weighted by atomic mass is 9.93. The lowest BCUT2D eigenvalue weighted by Gasteiger charge is -2.35. The number of hydrogen-bond donors (Lipinski definition) is 0. The lowest BCUT2D eigenvalue weighted by Crippen LogP contribution is -2.39. The van der Waals surface area contributed by atoms with Gasteiger partial charge in [0.25, 0.3) is 0 Å². The molecule has 0 saturated carbocycles. The molecule has 96 valence electrons. The topological polar surface area (TPSA) is 20.5 Å². The van der Waals surface area contributed by atoms with Crippen LogP contribution in [0, 0.1) is 0 Å². The first-order valence-electron chi connectivity index (χ1n) is 6.92. The number of imidazole rings is 1. The predicted octanol–water partition coefficient (Wildman–Crippen LogP) is 2.92. The Hall–Kier alpha value is -1.35. The van der Waals surface area contributed by atoms with Gasteiger partial charge < -0.3 is 9.30 Å². The molecule has 0 aliphatic carbocycles. The van der Waals surface area contributed by atoms with Crippen LogP contribution in [-0.4, -0.2) is 33.4 Å². The van der Waals surface area contributed by atoms with Gasteiger partial charge in [0.2, 0.25) is 0 Å². The van der Waals surface area contributed by atoms with E-state index < -0.39 is 0 Å². The van der Waals surface area contributed by atoms with Crippen molar-refractivity contribution < 1.29 is 0 Å². The second-order valence-corrected chi connectivity index (χ2v) is 5.53. The molecule has 3 rings (SSSR count). The van der Waals surface area contributed by atoms with Gasteiger partial charge in [0.15, 0.2) is 0 Å². The molecule has 1 unspecified atom stereocenters. The summed E-state index contributed by atoms with van der Waals surface area (Å²) in [5, 5.41) is 0. The lowest BCUT2D eigenvalue weighted by molar-refractivity contribution is 0.166. The third kappa shape index (κ3) is 2.03. The van der Waals surface area contributed by atoms with E-state index in [1.807, 2.05) is 6.20 Å². The van der Waals surface area contributed by atoms with E-state index >= 15 is 0 Å². The second kappa shape index (κ2) is 4.73.